The second kappa shape index (κ2) is 8.06. The minimum Gasteiger partial charge on any atom is -0.448 e. The fourth-order valence-electron chi connectivity index (χ4n) is 2.57. The minimum atomic E-state index is -0.501. The van der Waals surface area contributed by atoms with Crippen molar-refractivity contribution < 1.29 is 13.6 Å². The molecule has 2 aromatic heterocycles. The first-order chi connectivity index (χ1) is 13.7. The number of benzene rings is 2. The summed E-state index contributed by atoms with van der Waals surface area (Å²) < 4.78 is 18.9. The number of para-hydroxylation sites is 1. The van der Waals surface area contributed by atoms with Gasteiger partial charge in [-0.25, -0.2) is 9.82 Å². The average Bonchev–Trinajstić information content (AvgIpc) is 3.15. The van der Waals surface area contributed by atoms with Crippen LogP contribution in [0.25, 0.3) is 10.9 Å². The number of halogens is 1. The molecule has 0 radical (unpaired) electrons. The van der Waals surface area contributed by atoms with Gasteiger partial charge in [-0.3, -0.25) is 9.78 Å². The van der Waals surface area contributed by atoms with Crippen LogP contribution in [-0.2, 0) is 0 Å². The molecule has 2 aromatic carbocycles. The fraction of sp³-hybridized carbons (Fsp3) is 0. The third kappa shape index (κ3) is 4.10. The van der Waals surface area contributed by atoms with Crippen molar-refractivity contribution >= 4 is 34.8 Å². The van der Waals surface area contributed by atoms with Gasteiger partial charge in [-0.2, -0.15) is 5.10 Å². The van der Waals surface area contributed by atoms with E-state index in [1.54, 1.807) is 12.3 Å². The molecule has 4 rings (SSSR count). The quantitative estimate of drug-likeness (QED) is 0.389. The van der Waals surface area contributed by atoms with Gasteiger partial charge >= 0.3 is 0 Å². The Morgan fingerprint density at radius 1 is 1.11 bits per heavy atom. The van der Waals surface area contributed by atoms with Crippen LogP contribution in [0.4, 0.5) is 4.39 Å². The van der Waals surface area contributed by atoms with Crippen LogP contribution in [0.15, 0.2) is 92.4 Å². The lowest BCUT2D eigenvalue weighted by Gasteiger charge is -2.02. The number of hydrogen-bond donors (Lipinski definition) is 1. The molecule has 5 nitrogen and oxygen atoms in total. The fourth-order valence-corrected chi connectivity index (χ4v) is 3.48. The van der Waals surface area contributed by atoms with E-state index < -0.39 is 11.7 Å². The highest BCUT2D eigenvalue weighted by Crippen LogP contribution is 2.33. The standard InChI is InChI=1S/C21H14FN3O2S/c22-16-7-1-5-15(12-16)21(26)25-24-13-17-9-10-19(27-17)28-18-8-2-4-14-6-3-11-23-20(14)18/h1-13H,(H,25,26)/b24-13+. The Morgan fingerprint density at radius 2 is 1.96 bits per heavy atom. The number of nitrogens with zero attached hydrogens (tertiary/aromatic N) is 2. The number of hydrazone groups is 1. The Balaban J connectivity index is 1.43. The van der Waals surface area contributed by atoms with Crippen LogP contribution in [0.2, 0.25) is 0 Å². The molecule has 0 atom stereocenters. The number of hydrogen-bond acceptors (Lipinski definition) is 5. The van der Waals surface area contributed by atoms with Crippen LogP contribution in [0.5, 0.6) is 0 Å². The molecule has 0 saturated heterocycles. The van der Waals surface area contributed by atoms with E-state index >= 15 is 0 Å². The highest BCUT2D eigenvalue weighted by Gasteiger charge is 2.08. The summed E-state index contributed by atoms with van der Waals surface area (Å²) in [5.41, 5.74) is 3.44. The maximum absolute atomic E-state index is 13.2. The highest BCUT2D eigenvalue weighted by molar-refractivity contribution is 7.99. The van der Waals surface area contributed by atoms with Gasteiger partial charge in [-0.05, 0) is 54.2 Å². The van der Waals surface area contributed by atoms with Gasteiger partial charge in [0.2, 0.25) is 0 Å². The molecule has 1 N–H and O–H groups in total. The van der Waals surface area contributed by atoms with E-state index in [1.807, 2.05) is 36.4 Å². The van der Waals surface area contributed by atoms with Crippen LogP contribution in [-0.4, -0.2) is 17.1 Å². The van der Waals surface area contributed by atoms with Gasteiger partial charge < -0.3 is 4.42 Å². The summed E-state index contributed by atoms with van der Waals surface area (Å²) in [4.78, 5) is 17.3. The molecule has 138 valence electrons. The van der Waals surface area contributed by atoms with Crippen LogP contribution in [0.3, 0.4) is 0 Å². The number of rotatable bonds is 5. The molecule has 4 aromatic rings. The molecule has 0 bridgehead atoms. The molecule has 28 heavy (non-hydrogen) atoms. The molecular weight excluding hydrogens is 377 g/mol. The van der Waals surface area contributed by atoms with E-state index in [4.69, 9.17) is 4.42 Å². The lowest BCUT2D eigenvalue weighted by atomic mass is 10.2. The summed E-state index contributed by atoms with van der Waals surface area (Å²) in [6.07, 6.45) is 3.15. The van der Waals surface area contributed by atoms with Gasteiger partial charge in [0.25, 0.3) is 5.91 Å². The Labute approximate surface area is 164 Å². The van der Waals surface area contributed by atoms with Crippen molar-refractivity contribution in [1.82, 2.24) is 10.4 Å². The largest absolute Gasteiger partial charge is 0.448 e. The number of aromatic nitrogens is 1. The first-order valence-corrected chi connectivity index (χ1v) is 9.21. The normalized spacial score (nSPS) is 11.2. The summed E-state index contributed by atoms with van der Waals surface area (Å²) in [5, 5.41) is 5.59. The first kappa shape index (κ1) is 17.9. The molecule has 0 unspecified atom stereocenters. The molecule has 0 aliphatic carbocycles. The average molecular weight is 391 g/mol. The predicted molar refractivity (Wildman–Crippen MR) is 106 cm³/mol. The molecule has 0 spiro atoms. The van der Waals surface area contributed by atoms with E-state index in [2.05, 4.69) is 15.5 Å². The second-order valence-electron chi connectivity index (χ2n) is 5.80. The smallest absolute Gasteiger partial charge is 0.271 e. The Morgan fingerprint density at radius 3 is 2.86 bits per heavy atom. The third-order valence-electron chi connectivity index (χ3n) is 3.85. The van der Waals surface area contributed by atoms with Crippen molar-refractivity contribution in [3.05, 3.63) is 90.1 Å². The number of pyridine rings is 1. The number of amides is 1. The predicted octanol–water partition coefficient (Wildman–Crippen LogP) is 4.88. The zero-order valence-electron chi connectivity index (χ0n) is 14.5. The molecule has 0 fully saturated rings. The topological polar surface area (TPSA) is 67.5 Å². The first-order valence-electron chi connectivity index (χ1n) is 8.39. The number of carbonyl (C=O) groups excluding carboxylic acids is 1. The second-order valence-corrected chi connectivity index (χ2v) is 6.85. The molecule has 0 aliphatic heterocycles. The van der Waals surface area contributed by atoms with Crippen molar-refractivity contribution in [3.8, 4) is 0 Å². The van der Waals surface area contributed by atoms with E-state index in [9.17, 15) is 9.18 Å². The van der Waals surface area contributed by atoms with Crippen molar-refractivity contribution in [2.45, 2.75) is 9.99 Å². The summed E-state index contributed by atoms with van der Waals surface area (Å²) in [6, 6.07) is 18.8. The maximum atomic E-state index is 13.2. The van der Waals surface area contributed by atoms with E-state index in [0.29, 0.717) is 10.9 Å². The summed E-state index contributed by atoms with van der Waals surface area (Å²) in [5.74, 6) is -0.499. The minimum absolute atomic E-state index is 0.191. The van der Waals surface area contributed by atoms with Gasteiger partial charge in [0, 0.05) is 22.0 Å². The zero-order chi connectivity index (χ0) is 19.3. The van der Waals surface area contributed by atoms with Gasteiger partial charge in [0.05, 0.1) is 11.7 Å². The molecule has 2 heterocycles. The van der Waals surface area contributed by atoms with Crippen molar-refractivity contribution in [1.29, 1.82) is 0 Å². The van der Waals surface area contributed by atoms with E-state index in [0.717, 1.165) is 21.9 Å². The molecule has 1 amide bonds. The van der Waals surface area contributed by atoms with Crippen LogP contribution >= 0.6 is 11.8 Å². The number of fused-ring (bicyclic) bond motifs is 1. The van der Waals surface area contributed by atoms with E-state index in [-0.39, 0.29) is 5.56 Å². The molecular formula is C21H14FN3O2S. The van der Waals surface area contributed by atoms with Crippen molar-refractivity contribution in [2.24, 2.45) is 5.10 Å². The highest BCUT2D eigenvalue weighted by atomic mass is 32.2. The summed E-state index contributed by atoms with van der Waals surface area (Å²) in [6.45, 7) is 0. The number of nitrogens with one attached hydrogen (secondary N) is 1. The van der Waals surface area contributed by atoms with Crippen LogP contribution in [0.1, 0.15) is 16.1 Å². The summed E-state index contributed by atoms with van der Waals surface area (Å²) >= 11 is 1.46. The molecule has 0 saturated carbocycles. The van der Waals surface area contributed by atoms with Crippen molar-refractivity contribution in [3.63, 3.8) is 0 Å². The molecule has 0 aliphatic rings. The lowest BCUT2D eigenvalue weighted by molar-refractivity contribution is 0.0954. The zero-order valence-corrected chi connectivity index (χ0v) is 15.3. The lowest BCUT2D eigenvalue weighted by Crippen LogP contribution is -2.17. The van der Waals surface area contributed by atoms with Gasteiger partial charge in [0.15, 0.2) is 5.09 Å². The Hall–Kier alpha value is -3.45. The number of carbonyl (C=O) groups is 1. The Kier molecular flexibility index (Phi) is 5.16. The van der Waals surface area contributed by atoms with Gasteiger partial charge in [0.1, 0.15) is 11.6 Å². The summed E-state index contributed by atoms with van der Waals surface area (Å²) in [7, 11) is 0. The van der Waals surface area contributed by atoms with Gasteiger partial charge in [-0.15, -0.1) is 0 Å². The monoisotopic (exact) mass is 391 g/mol. The van der Waals surface area contributed by atoms with Crippen LogP contribution < -0.4 is 5.43 Å². The van der Waals surface area contributed by atoms with Gasteiger partial charge in [-0.1, -0.05) is 24.3 Å². The SMILES string of the molecule is O=C(N/N=C/c1ccc(Sc2cccc3cccnc23)o1)c1cccc(F)c1. The maximum Gasteiger partial charge on any atom is 0.271 e. The molecule has 7 heteroatoms. The van der Waals surface area contributed by atoms with Crippen molar-refractivity contribution in [2.75, 3.05) is 0 Å². The third-order valence-corrected chi connectivity index (χ3v) is 4.82. The van der Waals surface area contributed by atoms with E-state index in [1.165, 1.54) is 36.2 Å². The van der Waals surface area contributed by atoms with Crippen LogP contribution in [0, 0.1) is 5.82 Å². The number of furan rings is 1. The Bertz CT molecular complexity index is 1170.